The number of aliphatic hydroxyl groups is 2. The van der Waals surface area contributed by atoms with Crippen LogP contribution in [0.4, 0.5) is 5.95 Å². The van der Waals surface area contributed by atoms with Crippen LogP contribution in [0.1, 0.15) is 39.5 Å². The number of aromatic nitrogens is 4. The number of nitrogens with zero attached hydrogens (tertiary/aromatic N) is 4. The van der Waals surface area contributed by atoms with Gasteiger partial charge in [0.2, 0.25) is 5.95 Å². The largest absolute Gasteiger partial charge is 0.490 e. The minimum absolute atomic E-state index is 0.0385. The lowest BCUT2D eigenvalue weighted by molar-refractivity contribution is -0.000414. The van der Waals surface area contributed by atoms with Gasteiger partial charge in [-0.3, -0.25) is 0 Å². The van der Waals surface area contributed by atoms with Crippen LogP contribution in [0.5, 0.6) is 5.75 Å². The minimum atomic E-state index is -0.623. The van der Waals surface area contributed by atoms with E-state index in [0.29, 0.717) is 29.5 Å². The molecule has 3 aromatic rings. The molecule has 0 aliphatic heterocycles. The molecule has 8 heteroatoms. The van der Waals surface area contributed by atoms with Gasteiger partial charge in [-0.25, -0.2) is 9.67 Å². The molecule has 0 bridgehead atoms. The van der Waals surface area contributed by atoms with Gasteiger partial charge >= 0.3 is 0 Å². The maximum Gasteiger partial charge on any atom is 0.224 e. The lowest BCUT2D eigenvalue weighted by Crippen LogP contribution is -2.37. The van der Waals surface area contributed by atoms with Crippen LogP contribution in [-0.2, 0) is 0 Å². The second-order valence-electron chi connectivity index (χ2n) is 8.40. The van der Waals surface area contributed by atoms with Crippen molar-refractivity contribution in [3.05, 3.63) is 36.7 Å². The second-order valence-corrected chi connectivity index (χ2v) is 8.40. The van der Waals surface area contributed by atoms with Gasteiger partial charge in [0.1, 0.15) is 12.4 Å². The molecule has 30 heavy (non-hydrogen) atoms. The first-order chi connectivity index (χ1) is 14.5. The van der Waals surface area contributed by atoms with Crippen molar-refractivity contribution in [1.82, 2.24) is 19.7 Å². The molecule has 1 fully saturated rings. The normalized spacial score (nSPS) is 19.7. The van der Waals surface area contributed by atoms with E-state index in [-0.39, 0.29) is 13.2 Å². The fourth-order valence-corrected chi connectivity index (χ4v) is 4.15. The second kappa shape index (κ2) is 8.57. The fraction of sp³-hybridized carbons (Fsp3) is 0.500. The van der Waals surface area contributed by atoms with Crippen LogP contribution in [0, 0.1) is 5.92 Å². The zero-order valence-corrected chi connectivity index (χ0v) is 17.5. The predicted octanol–water partition coefficient (Wildman–Crippen LogP) is 2.93. The summed E-state index contributed by atoms with van der Waals surface area (Å²) in [5, 5.41) is 28.1. The zero-order valence-electron chi connectivity index (χ0n) is 17.5. The average Bonchev–Trinajstić information content (AvgIpc) is 3.17. The molecule has 2 aromatic heterocycles. The Bertz CT molecular complexity index is 990. The Kier molecular flexibility index (Phi) is 5.87. The number of anilines is 1. The average molecular weight is 412 g/mol. The van der Waals surface area contributed by atoms with Crippen LogP contribution >= 0.6 is 0 Å². The molecule has 0 unspecified atom stereocenters. The van der Waals surface area contributed by atoms with Gasteiger partial charge < -0.3 is 20.3 Å². The standard InChI is InChI=1S/C22H29N5O3/c1-22(2,29)15-6-8-16(9-7-15)25-21-23-11-10-20(26-21)27-18-4-3-5-19(30-13-12-28)17(18)14-24-27/h3-5,10-11,14-16,28-29H,6-9,12-13H2,1-2H3,(H,23,25,26). The fourth-order valence-electron chi connectivity index (χ4n) is 4.15. The summed E-state index contributed by atoms with van der Waals surface area (Å²) in [6.07, 6.45) is 7.42. The van der Waals surface area contributed by atoms with Gasteiger partial charge in [0, 0.05) is 18.3 Å². The van der Waals surface area contributed by atoms with E-state index in [2.05, 4.69) is 20.4 Å². The van der Waals surface area contributed by atoms with E-state index in [9.17, 15) is 5.11 Å². The summed E-state index contributed by atoms with van der Waals surface area (Å²) in [4.78, 5) is 9.05. The molecule has 3 N–H and O–H groups in total. The number of fused-ring (bicyclic) bond motifs is 1. The lowest BCUT2D eigenvalue weighted by atomic mass is 9.77. The molecule has 1 saturated carbocycles. The summed E-state index contributed by atoms with van der Waals surface area (Å²) in [7, 11) is 0. The Morgan fingerprint density at radius 1 is 1.20 bits per heavy atom. The van der Waals surface area contributed by atoms with E-state index in [0.717, 1.165) is 36.6 Å². The van der Waals surface area contributed by atoms with Crippen molar-refractivity contribution in [2.75, 3.05) is 18.5 Å². The summed E-state index contributed by atoms with van der Waals surface area (Å²) in [6.45, 7) is 3.99. The summed E-state index contributed by atoms with van der Waals surface area (Å²) in [5.74, 6) is 2.27. The van der Waals surface area contributed by atoms with Gasteiger partial charge in [0.05, 0.1) is 29.3 Å². The van der Waals surface area contributed by atoms with E-state index in [4.69, 9.17) is 9.84 Å². The smallest absolute Gasteiger partial charge is 0.224 e. The topological polar surface area (TPSA) is 105 Å². The van der Waals surface area contributed by atoms with Crippen LogP contribution in [0.15, 0.2) is 36.7 Å². The highest BCUT2D eigenvalue weighted by Gasteiger charge is 2.31. The van der Waals surface area contributed by atoms with E-state index >= 15 is 0 Å². The number of nitrogens with one attached hydrogen (secondary N) is 1. The maximum atomic E-state index is 10.2. The molecule has 1 aromatic carbocycles. The first-order valence-electron chi connectivity index (χ1n) is 10.5. The summed E-state index contributed by atoms with van der Waals surface area (Å²) >= 11 is 0. The van der Waals surface area contributed by atoms with E-state index in [1.165, 1.54) is 0 Å². The molecule has 2 heterocycles. The highest BCUT2D eigenvalue weighted by Crippen LogP contribution is 2.33. The SMILES string of the molecule is CC(C)(O)C1CCC(Nc2nccc(-n3ncc4c(OCCO)cccc43)n2)CC1. The number of hydrogen-bond acceptors (Lipinski definition) is 7. The molecular weight excluding hydrogens is 382 g/mol. The lowest BCUT2D eigenvalue weighted by Gasteiger charge is -2.36. The van der Waals surface area contributed by atoms with E-state index in [1.54, 1.807) is 17.1 Å². The Hall–Kier alpha value is -2.71. The van der Waals surface area contributed by atoms with E-state index < -0.39 is 5.60 Å². The molecule has 160 valence electrons. The maximum absolute atomic E-state index is 10.2. The Morgan fingerprint density at radius 3 is 2.73 bits per heavy atom. The van der Waals surface area contributed by atoms with Gasteiger partial charge in [-0.2, -0.15) is 10.1 Å². The van der Waals surface area contributed by atoms with Crippen LogP contribution in [0.2, 0.25) is 0 Å². The van der Waals surface area contributed by atoms with Crippen molar-refractivity contribution in [1.29, 1.82) is 0 Å². The van der Waals surface area contributed by atoms with Gasteiger partial charge in [-0.1, -0.05) is 6.07 Å². The Labute approximate surface area is 175 Å². The van der Waals surface area contributed by atoms with Gasteiger partial charge in [0.25, 0.3) is 0 Å². The highest BCUT2D eigenvalue weighted by atomic mass is 16.5. The molecule has 0 spiro atoms. The van der Waals surface area contributed by atoms with Crippen LogP contribution in [0.25, 0.3) is 16.7 Å². The van der Waals surface area contributed by atoms with Crippen LogP contribution < -0.4 is 10.1 Å². The van der Waals surface area contributed by atoms with Gasteiger partial charge in [-0.05, 0) is 57.6 Å². The number of hydrogen-bond donors (Lipinski definition) is 3. The van der Waals surface area contributed by atoms with Crippen LogP contribution in [-0.4, -0.2) is 54.8 Å². The summed E-state index contributed by atoms with van der Waals surface area (Å²) in [6, 6.07) is 7.84. The zero-order chi connectivity index (χ0) is 21.1. The first kappa shape index (κ1) is 20.6. The van der Waals surface area contributed by atoms with Crippen LogP contribution in [0.3, 0.4) is 0 Å². The Morgan fingerprint density at radius 2 is 2.00 bits per heavy atom. The first-order valence-corrected chi connectivity index (χ1v) is 10.5. The van der Waals surface area contributed by atoms with Gasteiger partial charge in [0.15, 0.2) is 5.82 Å². The number of rotatable bonds is 7. The molecular formula is C22H29N5O3. The third-order valence-electron chi connectivity index (χ3n) is 5.84. The number of ether oxygens (including phenoxy) is 1. The van der Waals surface area contributed by atoms with Crippen molar-refractivity contribution in [3.63, 3.8) is 0 Å². The van der Waals surface area contributed by atoms with Crippen molar-refractivity contribution in [3.8, 4) is 11.6 Å². The molecule has 4 rings (SSSR count). The molecule has 1 aliphatic carbocycles. The van der Waals surface area contributed by atoms with E-state index in [1.807, 2.05) is 38.1 Å². The van der Waals surface area contributed by atoms with Gasteiger partial charge in [-0.15, -0.1) is 0 Å². The molecule has 0 saturated heterocycles. The monoisotopic (exact) mass is 411 g/mol. The van der Waals surface area contributed by atoms with Crippen molar-refractivity contribution < 1.29 is 14.9 Å². The molecule has 1 aliphatic rings. The number of benzene rings is 1. The predicted molar refractivity (Wildman–Crippen MR) is 115 cm³/mol. The highest BCUT2D eigenvalue weighted by molar-refractivity contribution is 5.86. The minimum Gasteiger partial charge on any atom is -0.490 e. The molecule has 8 nitrogen and oxygen atoms in total. The van der Waals surface area contributed by atoms with Crippen molar-refractivity contribution >= 4 is 16.9 Å². The number of aliphatic hydroxyl groups excluding tert-OH is 1. The molecule has 0 radical (unpaired) electrons. The summed E-state index contributed by atoms with van der Waals surface area (Å²) in [5.41, 5.74) is 0.253. The quantitative estimate of drug-likeness (QED) is 0.549. The third-order valence-corrected chi connectivity index (χ3v) is 5.84. The van der Waals surface area contributed by atoms with Crippen molar-refractivity contribution in [2.24, 2.45) is 5.92 Å². The Balaban J connectivity index is 1.50. The van der Waals surface area contributed by atoms with Crippen molar-refractivity contribution in [2.45, 2.75) is 51.2 Å². The molecule has 0 amide bonds. The summed E-state index contributed by atoms with van der Waals surface area (Å²) < 4.78 is 7.37. The third kappa shape index (κ3) is 4.39. The molecule has 0 atom stereocenters.